The Balaban J connectivity index is 1.98. The highest BCUT2D eigenvalue weighted by atomic mass is 16.5. The summed E-state index contributed by atoms with van der Waals surface area (Å²) in [4.78, 5) is 24.0. The van der Waals surface area contributed by atoms with Crippen LogP contribution >= 0.6 is 0 Å². The van der Waals surface area contributed by atoms with E-state index in [0.717, 1.165) is 12.0 Å². The van der Waals surface area contributed by atoms with E-state index < -0.39 is 0 Å². The summed E-state index contributed by atoms with van der Waals surface area (Å²) >= 11 is 0. The number of ether oxygens (including phenoxy) is 3. The summed E-state index contributed by atoms with van der Waals surface area (Å²) in [6.07, 6.45) is 3.93. The molecule has 0 heterocycles. The molecule has 1 N–H and O–H groups in total. The van der Waals surface area contributed by atoms with Gasteiger partial charge in [-0.25, -0.2) is 4.79 Å². The van der Waals surface area contributed by atoms with Crippen LogP contribution < -0.4 is 14.8 Å². The Hall–Kier alpha value is -3.28. The van der Waals surface area contributed by atoms with Crippen molar-refractivity contribution in [1.29, 1.82) is 0 Å². The Morgan fingerprint density at radius 1 is 1.07 bits per heavy atom. The van der Waals surface area contributed by atoms with Crippen molar-refractivity contribution in [3.63, 3.8) is 0 Å². The van der Waals surface area contributed by atoms with E-state index in [2.05, 4.69) is 5.32 Å². The molecule has 0 aromatic heterocycles. The summed E-state index contributed by atoms with van der Waals surface area (Å²) in [5.74, 6) is 0.602. The summed E-state index contributed by atoms with van der Waals surface area (Å²) in [5.41, 5.74) is 1.84. The highest BCUT2D eigenvalue weighted by molar-refractivity contribution is 6.02. The number of rotatable bonds is 9. The highest BCUT2D eigenvalue weighted by Crippen LogP contribution is 2.29. The summed E-state index contributed by atoms with van der Waals surface area (Å²) in [5, 5.41) is 2.75. The van der Waals surface area contributed by atoms with Gasteiger partial charge in [0.25, 0.3) is 0 Å². The number of esters is 1. The predicted octanol–water partition coefficient (Wildman–Crippen LogP) is 4.70. The molecule has 6 heteroatoms. The van der Waals surface area contributed by atoms with Crippen LogP contribution in [0, 0.1) is 0 Å². The first-order valence-corrected chi connectivity index (χ1v) is 9.54. The van der Waals surface area contributed by atoms with Crippen LogP contribution in [-0.4, -0.2) is 31.7 Å². The zero-order chi connectivity index (χ0) is 21.2. The fourth-order valence-corrected chi connectivity index (χ4v) is 2.46. The number of anilines is 1. The fraction of sp³-hybridized carbons (Fsp3) is 0.304. The molecule has 0 atom stereocenters. The molecule has 2 aromatic rings. The minimum absolute atomic E-state index is 0.0379. The molecule has 2 aromatic carbocycles. The minimum atomic E-state index is -0.372. The van der Waals surface area contributed by atoms with Crippen LogP contribution in [0.4, 0.5) is 5.69 Å². The van der Waals surface area contributed by atoms with Crippen molar-refractivity contribution in [2.24, 2.45) is 0 Å². The lowest BCUT2D eigenvalue weighted by Gasteiger charge is -2.13. The van der Waals surface area contributed by atoms with Crippen LogP contribution in [0.1, 0.15) is 43.1 Å². The number of hydrogen-bond donors (Lipinski definition) is 1. The molecule has 0 saturated carbocycles. The molecule has 0 aliphatic heterocycles. The van der Waals surface area contributed by atoms with Gasteiger partial charge in [0.05, 0.1) is 25.4 Å². The SMILES string of the molecule is CCCOC(=O)c1ccc(NC(=O)C=Cc2ccc(OC(C)C)c(OC)c2)cc1. The van der Waals surface area contributed by atoms with E-state index in [-0.39, 0.29) is 18.0 Å². The maximum absolute atomic E-state index is 12.2. The lowest BCUT2D eigenvalue weighted by Crippen LogP contribution is -2.09. The molecule has 0 aliphatic carbocycles. The lowest BCUT2D eigenvalue weighted by molar-refractivity contribution is -0.111. The van der Waals surface area contributed by atoms with Crippen molar-refractivity contribution >= 4 is 23.6 Å². The Kier molecular flexibility index (Phi) is 8.27. The molecule has 0 saturated heterocycles. The third kappa shape index (κ3) is 6.99. The number of amides is 1. The van der Waals surface area contributed by atoms with Crippen molar-refractivity contribution in [2.45, 2.75) is 33.3 Å². The molecule has 1 amide bonds. The van der Waals surface area contributed by atoms with Crippen LogP contribution in [0.5, 0.6) is 11.5 Å². The Morgan fingerprint density at radius 2 is 1.79 bits per heavy atom. The first-order valence-electron chi connectivity index (χ1n) is 9.54. The van der Waals surface area contributed by atoms with E-state index in [0.29, 0.717) is 29.4 Å². The summed E-state index contributed by atoms with van der Waals surface area (Å²) in [7, 11) is 1.57. The van der Waals surface area contributed by atoms with Gasteiger partial charge < -0.3 is 19.5 Å². The van der Waals surface area contributed by atoms with Gasteiger partial charge in [-0.15, -0.1) is 0 Å². The van der Waals surface area contributed by atoms with Crippen LogP contribution in [0.3, 0.4) is 0 Å². The largest absolute Gasteiger partial charge is 0.493 e. The molecule has 0 bridgehead atoms. The molecule has 154 valence electrons. The molecule has 0 radical (unpaired) electrons. The summed E-state index contributed by atoms with van der Waals surface area (Å²) in [6, 6.07) is 12.0. The second-order valence-electron chi connectivity index (χ2n) is 6.61. The topological polar surface area (TPSA) is 73.9 Å². The quantitative estimate of drug-likeness (QED) is 0.490. The second kappa shape index (κ2) is 10.9. The van der Waals surface area contributed by atoms with E-state index >= 15 is 0 Å². The summed E-state index contributed by atoms with van der Waals surface area (Å²) in [6.45, 7) is 6.21. The van der Waals surface area contributed by atoms with Gasteiger partial charge in [-0.2, -0.15) is 0 Å². The monoisotopic (exact) mass is 397 g/mol. The molecule has 6 nitrogen and oxygen atoms in total. The van der Waals surface area contributed by atoms with Crippen molar-refractivity contribution in [3.8, 4) is 11.5 Å². The Labute approximate surface area is 171 Å². The maximum atomic E-state index is 12.2. The molecule has 0 unspecified atom stereocenters. The maximum Gasteiger partial charge on any atom is 0.338 e. The smallest absolute Gasteiger partial charge is 0.338 e. The zero-order valence-electron chi connectivity index (χ0n) is 17.2. The number of carbonyl (C=O) groups excluding carboxylic acids is 2. The molecular formula is C23H27NO5. The van der Waals surface area contributed by atoms with Crippen LogP contribution in [0.2, 0.25) is 0 Å². The number of methoxy groups -OCH3 is 1. The van der Waals surface area contributed by atoms with Gasteiger partial charge in [-0.05, 0) is 68.3 Å². The van der Waals surface area contributed by atoms with Gasteiger partial charge in [-0.1, -0.05) is 13.0 Å². The zero-order valence-corrected chi connectivity index (χ0v) is 17.2. The lowest BCUT2D eigenvalue weighted by atomic mass is 10.1. The average Bonchev–Trinajstić information content (AvgIpc) is 2.71. The molecular weight excluding hydrogens is 370 g/mol. The second-order valence-corrected chi connectivity index (χ2v) is 6.61. The summed E-state index contributed by atoms with van der Waals surface area (Å²) < 4.78 is 16.1. The van der Waals surface area contributed by atoms with E-state index in [1.807, 2.05) is 32.9 Å². The Morgan fingerprint density at radius 3 is 2.41 bits per heavy atom. The van der Waals surface area contributed by atoms with Gasteiger partial charge in [0.15, 0.2) is 11.5 Å². The van der Waals surface area contributed by atoms with E-state index in [1.165, 1.54) is 6.08 Å². The normalized spacial score (nSPS) is 10.8. The van der Waals surface area contributed by atoms with E-state index in [1.54, 1.807) is 43.5 Å². The van der Waals surface area contributed by atoms with Gasteiger partial charge in [0.2, 0.25) is 5.91 Å². The van der Waals surface area contributed by atoms with Crippen LogP contribution in [-0.2, 0) is 9.53 Å². The predicted molar refractivity (Wildman–Crippen MR) is 113 cm³/mol. The molecule has 2 rings (SSSR count). The minimum Gasteiger partial charge on any atom is -0.493 e. The van der Waals surface area contributed by atoms with E-state index in [9.17, 15) is 9.59 Å². The number of nitrogens with one attached hydrogen (secondary N) is 1. The number of carbonyl (C=O) groups is 2. The first-order chi connectivity index (χ1) is 13.9. The molecule has 0 spiro atoms. The van der Waals surface area contributed by atoms with Gasteiger partial charge >= 0.3 is 5.97 Å². The fourth-order valence-electron chi connectivity index (χ4n) is 2.46. The van der Waals surface area contributed by atoms with Crippen molar-refractivity contribution in [3.05, 3.63) is 59.7 Å². The first kappa shape index (κ1) is 22.0. The van der Waals surface area contributed by atoms with E-state index in [4.69, 9.17) is 14.2 Å². The molecule has 0 aliphatic rings. The third-order valence-corrected chi connectivity index (χ3v) is 3.80. The van der Waals surface area contributed by atoms with Crippen molar-refractivity contribution in [1.82, 2.24) is 0 Å². The van der Waals surface area contributed by atoms with Crippen molar-refractivity contribution < 1.29 is 23.8 Å². The van der Waals surface area contributed by atoms with Gasteiger partial charge in [-0.3, -0.25) is 4.79 Å². The average molecular weight is 397 g/mol. The van der Waals surface area contributed by atoms with Gasteiger partial charge in [0.1, 0.15) is 0 Å². The highest BCUT2D eigenvalue weighted by Gasteiger charge is 2.08. The van der Waals surface area contributed by atoms with Gasteiger partial charge in [0, 0.05) is 11.8 Å². The van der Waals surface area contributed by atoms with Crippen molar-refractivity contribution in [2.75, 3.05) is 19.0 Å². The van der Waals surface area contributed by atoms with Crippen LogP contribution in [0.15, 0.2) is 48.5 Å². The third-order valence-electron chi connectivity index (χ3n) is 3.80. The standard InChI is InChI=1S/C23H27NO5/c1-5-14-28-23(26)18-8-10-19(11-9-18)24-22(25)13-7-17-6-12-20(29-16(2)3)21(15-17)27-4/h6-13,15-16H,5,14H2,1-4H3,(H,24,25). The number of hydrogen-bond acceptors (Lipinski definition) is 5. The molecule has 0 fully saturated rings. The van der Waals surface area contributed by atoms with Crippen LogP contribution in [0.25, 0.3) is 6.08 Å². The Bertz CT molecular complexity index is 856. The number of benzene rings is 2. The molecule has 29 heavy (non-hydrogen) atoms.